The fourth-order valence-electron chi connectivity index (χ4n) is 4.43. The number of hydrogen-bond acceptors (Lipinski definition) is 4. The maximum Gasteiger partial charge on any atom is 0.264 e. The van der Waals surface area contributed by atoms with Gasteiger partial charge in [-0.15, -0.1) is 0 Å². The second-order valence-corrected chi connectivity index (χ2v) is 13.0. The van der Waals surface area contributed by atoms with Crippen LogP contribution in [0.25, 0.3) is 0 Å². The van der Waals surface area contributed by atoms with Gasteiger partial charge in [0.05, 0.1) is 10.6 Å². The number of halogens is 1. The lowest BCUT2D eigenvalue weighted by atomic mass is 10.1. The molecule has 3 aromatic carbocycles. The number of amides is 2. The summed E-state index contributed by atoms with van der Waals surface area (Å²) in [4.78, 5) is 29.0. The molecule has 1 unspecified atom stereocenters. The molecule has 0 saturated heterocycles. The molecule has 3 rings (SSSR count). The van der Waals surface area contributed by atoms with Gasteiger partial charge in [0, 0.05) is 17.1 Å². The zero-order chi connectivity index (χ0) is 29.5. The van der Waals surface area contributed by atoms with Crippen molar-refractivity contribution < 1.29 is 18.0 Å². The maximum atomic E-state index is 14.1. The highest BCUT2D eigenvalue weighted by molar-refractivity contribution is 7.92. The van der Waals surface area contributed by atoms with E-state index in [0.717, 1.165) is 9.87 Å². The zero-order valence-electron chi connectivity index (χ0n) is 23.7. The summed E-state index contributed by atoms with van der Waals surface area (Å²) in [5, 5.41) is 3.32. The summed E-state index contributed by atoms with van der Waals surface area (Å²) in [7, 11) is -4.14. The van der Waals surface area contributed by atoms with E-state index < -0.39 is 34.1 Å². The normalized spacial score (nSPS) is 12.4. The van der Waals surface area contributed by atoms with Crippen LogP contribution in [0.5, 0.6) is 0 Å². The number of carbonyl (C=O) groups is 2. The first-order chi connectivity index (χ1) is 18.8. The molecule has 3 aromatic rings. The molecule has 214 valence electrons. The lowest BCUT2D eigenvalue weighted by molar-refractivity contribution is -0.140. The molecule has 0 heterocycles. The van der Waals surface area contributed by atoms with Crippen molar-refractivity contribution in [2.45, 2.75) is 63.9 Å². The number of rotatable bonds is 11. The highest BCUT2D eigenvalue weighted by Crippen LogP contribution is 2.30. The summed E-state index contributed by atoms with van der Waals surface area (Å²) in [6, 6.07) is 21.8. The Bertz CT molecular complexity index is 1410. The lowest BCUT2D eigenvalue weighted by Crippen LogP contribution is -2.56. The van der Waals surface area contributed by atoms with Gasteiger partial charge in [0.2, 0.25) is 11.8 Å². The molecule has 0 radical (unpaired) electrons. The first-order valence-corrected chi connectivity index (χ1v) is 15.1. The van der Waals surface area contributed by atoms with E-state index in [1.54, 1.807) is 43.3 Å². The van der Waals surface area contributed by atoms with Crippen LogP contribution in [0.4, 0.5) is 5.69 Å². The first kappa shape index (κ1) is 31.2. The monoisotopic (exact) mass is 583 g/mol. The largest absolute Gasteiger partial charge is 0.350 e. The van der Waals surface area contributed by atoms with E-state index in [-0.39, 0.29) is 17.3 Å². The SMILES string of the molecule is CCC(C(=O)NC(C)(C)C)N(CCc1ccccc1)C(=O)CN(c1cc(Cl)ccc1C)S(=O)(=O)c1ccccc1. The van der Waals surface area contributed by atoms with Gasteiger partial charge in [0.15, 0.2) is 0 Å². The van der Waals surface area contributed by atoms with Gasteiger partial charge in [0.1, 0.15) is 12.6 Å². The third-order valence-corrected chi connectivity index (χ3v) is 8.43. The molecule has 7 nitrogen and oxygen atoms in total. The van der Waals surface area contributed by atoms with Crippen molar-refractivity contribution in [1.82, 2.24) is 10.2 Å². The van der Waals surface area contributed by atoms with E-state index in [2.05, 4.69) is 5.32 Å². The average molecular weight is 584 g/mol. The van der Waals surface area contributed by atoms with Gasteiger partial charge in [-0.1, -0.05) is 73.1 Å². The van der Waals surface area contributed by atoms with Crippen LogP contribution in [-0.2, 0) is 26.0 Å². The van der Waals surface area contributed by atoms with Crippen LogP contribution in [0.3, 0.4) is 0 Å². The van der Waals surface area contributed by atoms with E-state index in [9.17, 15) is 18.0 Å². The van der Waals surface area contributed by atoms with Gasteiger partial charge in [0.25, 0.3) is 10.0 Å². The summed E-state index contributed by atoms with van der Waals surface area (Å²) in [5.74, 6) is -0.765. The minimum atomic E-state index is -4.14. The number of benzene rings is 3. The van der Waals surface area contributed by atoms with Crippen molar-refractivity contribution in [2.24, 2.45) is 0 Å². The standard InChI is InChI=1S/C31H38ClN3O4S/c1-6-27(30(37)33-31(3,4)5)34(20-19-24-13-9-7-10-14-24)29(36)22-35(28-21-25(32)18-17-23(28)2)40(38,39)26-15-11-8-12-16-26/h7-18,21,27H,6,19-20,22H2,1-5H3,(H,33,37). The van der Waals surface area contributed by atoms with Crippen molar-refractivity contribution in [2.75, 3.05) is 17.4 Å². The van der Waals surface area contributed by atoms with Crippen LogP contribution in [-0.4, -0.2) is 49.8 Å². The van der Waals surface area contributed by atoms with Crippen LogP contribution in [0, 0.1) is 6.92 Å². The summed E-state index contributed by atoms with van der Waals surface area (Å²) < 4.78 is 28.9. The quantitative estimate of drug-likeness (QED) is 0.318. The molecule has 40 heavy (non-hydrogen) atoms. The topological polar surface area (TPSA) is 86.8 Å². The second kappa shape index (κ2) is 13.3. The molecule has 0 spiro atoms. The average Bonchev–Trinajstić information content (AvgIpc) is 2.91. The van der Waals surface area contributed by atoms with Crippen molar-refractivity contribution in [3.63, 3.8) is 0 Å². The summed E-state index contributed by atoms with van der Waals surface area (Å²) >= 11 is 6.28. The fourth-order valence-corrected chi connectivity index (χ4v) is 6.09. The molecular weight excluding hydrogens is 546 g/mol. The van der Waals surface area contributed by atoms with Crippen molar-refractivity contribution in [3.8, 4) is 0 Å². The van der Waals surface area contributed by atoms with Gasteiger partial charge < -0.3 is 10.2 Å². The van der Waals surface area contributed by atoms with Crippen molar-refractivity contribution in [3.05, 3.63) is 95.0 Å². The highest BCUT2D eigenvalue weighted by atomic mass is 35.5. The number of nitrogens with one attached hydrogen (secondary N) is 1. The van der Waals surface area contributed by atoms with E-state index in [1.165, 1.54) is 17.0 Å². The Hall–Kier alpha value is -3.36. The van der Waals surface area contributed by atoms with Crippen LogP contribution < -0.4 is 9.62 Å². The van der Waals surface area contributed by atoms with Gasteiger partial charge >= 0.3 is 0 Å². The molecule has 0 aliphatic rings. The Kier molecular flexibility index (Phi) is 10.4. The number of anilines is 1. The van der Waals surface area contributed by atoms with Gasteiger partial charge in [-0.05, 0) is 75.9 Å². The first-order valence-electron chi connectivity index (χ1n) is 13.3. The van der Waals surface area contributed by atoms with E-state index in [4.69, 9.17) is 11.6 Å². The Morgan fingerprint density at radius 2 is 1.55 bits per heavy atom. The molecule has 0 saturated carbocycles. The number of nitrogens with zero attached hydrogens (tertiary/aromatic N) is 2. The third-order valence-electron chi connectivity index (χ3n) is 6.42. The molecule has 9 heteroatoms. The summed E-state index contributed by atoms with van der Waals surface area (Å²) in [6.45, 7) is 8.99. The smallest absolute Gasteiger partial charge is 0.264 e. The molecular formula is C31H38ClN3O4S. The summed E-state index contributed by atoms with van der Waals surface area (Å²) in [5.41, 5.74) is 1.45. The Morgan fingerprint density at radius 3 is 2.12 bits per heavy atom. The minimum absolute atomic E-state index is 0.0514. The van der Waals surface area contributed by atoms with Crippen molar-refractivity contribution in [1.29, 1.82) is 0 Å². The Morgan fingerprint density at radius 1 is 0.950 bits per heavy atom. The minimum Gasteiger partial charge on any atom is -0.350 e. The van der Waals surface area contributed by atoms with E-state index in [1.807, 2.05) is 58.0 Å². The van der Waals surface area contributed by atoms with Gasteiger partial charge in [-0.3, -0.25) is 13.9 Å². The molecule has 0 bridgehead atoms. The number of carbonyl (C=O) groups excluding carboxylic acids is 2. The van der Waals surface area contributed by atoms with Gasteiger partial charge in [-0.25, -0.2) is 8.42 Å². The molecule has 0 aromatic heterocycles. The van der Waals surface area contributed by atoms with Crippen molar-refractivity contribution >= 4 is 39.1 Å². The number of sulfonamides is 1. The Labute approximate surface area is 243 Å². The molecule has 1 N–H and O–H groups in total. The van der Waals surface area contributed by atoms with Crippen LogP contribution in [0.1, 0.15) is 45.2 Å². The fraction of sp³-hybridized carbons (Fsp3) is 0.355. The van der Waals surface area contributed by atoms with E-state index in [0.29, 0.717) is 29.1 Å². The molecule has 0 fully saturated rings. The lowest BCUT2D eigenvalue weighted by Gasteiger charge is -2.35. The number of aryl methyl sites for hydroxylation is 1. The predicted molar refractivity (Wildman–Crippen MR) is 161 cm³/mol. The van der Waals surface area contributed by atoms with Crippen LogP contribution >= 0.6 is 11.6 Å². The molecule has 2 amide bonds. The van der Waals surface area contributed by atoms with Crippen LogP contribution in [0.15, 0.2) is 83.8 Å². The van der Waals surface area contributed by atoms with Crippen LogP contribution in [0.2, 0.25) is 5.02 Å². The maximum absolute atomic E-state index is 14.1. The second-order valence-electron chi connectivity index (χ2n) is 10.7. The van der Waals surface area contributed by atoms with Gasteiger partial charge in [-0.2, -0.15) is 0 Å². The Balaban J connectivity index is 2.05. The highest BCUT2D eigenvalue weighted by Gasteiger charge is 2.34. The predicted octanol–water partition coefficient (Wildman–Crippen LogP) is 5.61. The number of hydrogen-bond donors (Lipinski definition) is 1. The van der Waals surface area contributed by atoms with E-state index >= 15 is 0 Å². The molecule has 0 aliphatic carbocycles. The molecule has 0 aliphatic heterocycles. The third kappa shape index (κ3) is 8.08. The molecule has 1 atom stereocenters. The zero-order valence-corrected chi connectivity index (χ0v) is 25.3. The summed E-state index contributed by atoms with van der Waals surface area (Å²) in [6.07, 6.45) is 0.873.